The summed E-state index contributed by atoms with van der Waals surface area (Å²) >= 11 is 0. The zero-order valence-electron chi connectivity index (χ0n) is 19.4. The summed E-state index contributed by atoms with van der Waals surface area (Å²) in [5, 5.41) is 1.81. The molecule has 0 bridgehead atoms. The first-order valence-corrected chi connectivity index (χ1v) is 13.7. The molecule has 0 amide bonds. The van der Waals surface area contributed by atoms with E-state index in [9.17, 15) is 14.3 Å². The van der Waals surface area contributed by atoms with Crippen molar-refractivity contribution in [3.05, 3.63) is 0 Å². The number of ether oxygens (including phenoxy) is 2. The SMILES string of the molecule is CCCCCCCCCCCCCCCOCC(COP(=O)(O)CC[NH2+]C)OC=O. The molecule has 0 rings (SSSR count). The second-order valence-corrected chi connectivity index (χ2v) is 10.0. The van der Waals surface area contributed by atoms with E-state index in [1.54, 1.807) is 0 Å². The summed E-state index contributed by atoms with van der Waals surface area (Å²) in [6.45, 7) is 3.73. The van der Waals surface area contributed by atoms with Crippen LogP contribution in [0.1, 0.15) is 90.4 Å². The Morgan fingerprint density at radius 3 is 1.93 bits per heavy atom. The molecule has 0 heterocycles. The Bertz CT molecular complexity index is 424. The van der Waals surface area contributed by atoms with Gasteiger partial charge >= 0.3 is 7.60 Å². The first-order valence-electron chi connectivity index (χ1n) is 12.0. The van der Waals surface area contributed by atoms with E-state index in [1.807, 2.05) is 12.4 Å². The fraction of sp³-hybridized carbons (Fsp3) is 0.955. The van der Waals surface area contributed by atoms with Crippen molar-refractivity contribution in [3.8, 4) is 0 Å². The standard InChI is InChI=1S/C22H46NO6P/c1-3-4-5-6-7-8-9-10-11-12-13-14-15-17-27-19-22(28-21-24)20-29-30(25,26)18-16-23-2/h21-23H,3-20H2,1-2H3,(H,25,26)/p+1. The van der Waals surface area contributed by atoms with Crippen molar-refractivity contribution in [2.75, 3.05) is 39.6 Å². The molecule has 2 unspecified atom stereocenters. The minimum absolute atomic E-state index is 0.0666. The van der Waals surface area contributed by atoms with Crippen LogP contribution in [0.4, 0.5) is 0 Å². The predicted molar refractivity (Wildman–Crippen MR) is 121 cm³/mol. The lowest BCUT2D eigenvalue weighted by Gasteiger charge is -2.18. The average molecular weight is 453 g/mol. The van der Waals surface area contributed by atoms with Crippen molar-refractivity contribution < 1.29 is 33.6 Å². The number of rotatable bonds is 24. The predicted octanol–water partition coefficient (Wildman–Crippen LogP) is 4.03. The van der Waals surface area contributed by atoms with Crippen LogP contribution in [0.15, 0.2) is 0 Å². The van der Waals surface area contributed by atoms with Crippen molar-refractivity contribution in [2.24, 2.45) is 0 Å². The van der Waals surface area contributed by atoms with Gasteiger partial charge < -0.3 is 24.2 Å². The summed E-state index contributed by atoms with van der Waals surface area (Å²) in [5.41, 5.74) is 0. The zero-order chi connectivity index (χ0) is 22.3. The van der Waals surface area contributed by atoms with Crippen molar-refractivity contribution in [2.45, 2.75) is 96.5 Å². The van der Waals surface area contributed by atoms with Gasteiger partial charge in [-0.25, -0.2) is 0 Å². The van der Waals surface area contributed by atoms with E-state index in [0.717, 1.165) is 12.8 Å². The van der Waals surface area contributed by atoms with Gasteiger partial charge in [-0.05, 0) is 6.42 Å². The molecule has 0 aromatic rings. The highest BCUT2D eigenvalue weighted by atomic mass is 31.2. The number of quaternary nitrogens is 1. The highest BCUT2D eigenvalue weighted by Gasteiger charge is 2.22. The molecule has 0 aromatic heterocycles. The van der Waals surface area contributed by atoms with Crippen LogP contribution in [0.3, 0.4) is 0 Å². The molecule has 0 spiro atoms. The number of carbonyl (C=O) groups is 1. The van der Waals surface area contributed by atoms with Crippen LogP contribution in [0, 0.1) is 0 Å². The van der Waals surface area contributed by atoms with Crippen molar-refractivity contribution in [3.63, 3.8) is 0 Å². The molecule has 0 fully saturated rings. The lowest BCUT2D eigenvalue weighted by Crippen LogP contribution is -2.80. The number of nitrogens with two attached hydrogens (primary N) is 1. The third-order valence-electron chi connectivity index (χ3n) is 5.11. The number of carbonyl (C=O) groups excluding carboxylic acids is 1. The van der Waals surface area contributed by atoms with Crippen molar-refractivity contribution in [1.82, 2.24) is 0 Å². The fourth-order valence-electron chi connectivity index (χ4n) is 3.20. The van der Waals surface area contributed by atoms with Crippen molar-refractivity contribution in [1.29, 1.82) is 0 Å². The van der Waals surface area contributed by atoms with Gasteiger partial charge in [0, 0.05) is 6.61 Å². The molecule has 3 N–H and O–H groups in total. The second kappa shape index (κ2) is 21.8. The maximum Gasteiger partial charge on any atom is 0.333 e. The number of unbranched alkanes of at least 4 members (excludes halogenated alkanes) is 12. The minimum atomic E-state index is -3.64. The van der Waals surface area contributed by atoms with Gasteiger partial charge in [-0.3, -0.25) is 9.36 Å². The van der Waals surface area contributed by atoms with E-state index in [-0.39, 0.29) is 19.4 Å². The van der Waals surface area contributed by atoms with E-state index in [4.69, 9.17) is 14.0 Å². The Labute approximate surface area is 184 Å². The van der Waals surface area contributed by atoms with E-state index in [2.05, 4.69) is 6.92 Å². The van der Waals surface area contributed by atoms with Crippen molar-refractivity contribution >= 4 is 14.1 Å². The minimum Gasteiger partial charge on any atom is -0.460 e. The van der Waals surface area contributed by atoms with Crippen LogP contribution >= 0.6 is 7.60 Å². The highest BCUT2D eigenvalue weighted by molar-refractivity contribution is 7.52. The van der Waals surface area contributed by atoms with Gasteiger partial charge in [0.15, 0.2) is 0 Å². The van der Waals surface area contributed by atoms with Crippen LogP contribution in [-0.2, 0) is 23.4 Å². The average Bonchev–Trinajstić information content (AvgIpc) is 2.73. The van der Waals surface area contributed by atoms with Crippen LogP contribution in [-0.4, -0.2) is 57.0 Å². The number of hydrogen-bond donors (Lipinski definition) is 2. The van der Waals surface area contributed by atoms with E-state index >= 15 is 0 Å². The summed E-state index contributed by atoms with van der Waals surface area (Å²) in [6.07, 6.45) is 16.3. The number of hydrogen-bond acceptors (Lipinski definition) is 5. The van der Waals surface area contributed by atoms with Gasteiger partial charge in [0.25, 0.3) is 6.47 Å². The topological polar surface area (TPSA) is 98.7 Å². The summed E-state index contributed by atoms with van der Waals surface area (Å²) in [4.78, 5) is 20.3. The summed E-state index contributed by atoms with van der Waals surface area (Å²) < 4.78 is 27.3. The molecule has 0 radical (unpaired) electrons. The first kappa shape index (κ1) is 29.5. The molecule has 30 heavy (non-hydrogen) atoms. The third-order valence-corrected chi connectivity index (χ3v) is 6.48. The Balaban J connectivity index is 3.54. The Morgan fingerprint density at radius 2 is 1.43 bits per heavy atom. The lowest BCUT2D eigenvalue weighted by atomic mass is 10.0. The summed E-state index contributed by atoms with van der Waals surface area (Å²) in [6, 6.07) is 0. The van der Waals surface area contributed by atoms with Gasteiger partial charge in [-0.1, -0.05) is 84.0 Å². The Morgan fingerprint density at radius 1 is 0.900 bits per heavy atom. The molecular formula is C22H47NO6P+. The molecule has 0 aliphatic rings. The van der Waals surface area contributed by atoms with Gasteiger partial charge in [-0.2, -0.15) is 0 Å². The second-order valence-electron chi connectivity index (χ2n) is 8.03. The summed E-state index contributed by atoms with van der Waals surface area (Å²) in [7, 11) is -1.82. The Hall–Kier alpha value is -0.460. The maximum atomic E-state index is 11.8. The van der Waals surface area contributed by atoms with Gasteiger partial charge in [0.1, 0.15) is 6.10 Å². The van der Waals surface area contributed by atoms with Crippen LogP contribution in [0.5, 0.6) is 0 Å². The molecule has 0 aromatic carbocycles. The smallest absolute Gasteiger partial charge is 0.333 e. The molecule has 0 aliphatic carbocycles. The molecule has 180 valence electrons. The van der Waals surface area contributed by atoms with E-state index < -0.39 is 13.7 Å². The first-order chi connectivity index (χ1) is 14.6. The van der Waals surface area contributed by atoms with Gasteiger partial charge in [-0.15, -0.1) is 0 Å². The lowest BCUT2D eigenvalue weighted by molar-refractivity contribution is -0.622. The van der Waals surface area contributed by atoms with Crippen LogP contribution in [0.2, 0.25) is 0 Å². The molecular weight excluding hydrogens is 405 g/mol. The quantitative estimate of drug-likeness (QED) is 0.130. The van der Waals surface area contributed by atoms with E-state index in [1.165, 1.54) is 70.6 Å². The zero-order valence-corrected chi connectivity index (χ0v) is 20.3. The van der Waals surface area contributed by atoms with Crippen LogP contribution < -0.4 is 5.32 Å². The molecule has 0 aliphatic heterocycles. The van der Waals surface area contributed by atoms with Gasteiger partial charge in [0.2, 0.25) is 0 Å². The van der Waals surface area contributed by atoms with Crippen LogP contribution in [0.25, 0.3) is 0 Å². The maximum absolute atomic E-state index is 11.8. The molecule has 7 nitrogen and oxygen atoms in total. The Kier molecular flexibility index (Phi) is 21.4. The monoisotopic (exact) mass is 452 g/mol. The largest absolute Gasteiger partial charge is 0.460 e. The summed E-state index contributed by atoms with van der Waals surface area (Å²) in [5.74, 6) is 0. The third kappa shape index (κ3) is 20.8. The molecule has 0 saturated carbocycles. The van der Waals surface area contributed by atoms with Gasteiger partial charge in [0.05, 0.1) is 33.0 Å². The highest BCUT2D eigenvalue weighted by Crippen LogP contribution is 2.40. The normalized spacial score (nSPS) is 14.4. The molecule has 0 saturated heterocycles. The molecule has 2 atom stereocenters. The fourth-order valence-corrected chi connectivity index (χ4v) is 4.31. The molecule has 8 heteroatoms. The van der Waals surface area contributed by atoms with E-state index in [0.29, 0.717) is 19.6 Å².